The molecule has 0 atom stereocenters. The van der Waals surface area contributed by atoms with Crippen molar-refractivity contribution in [1.29, 1.82) is 0 Å². The van der Waals surface area contributed by atoms with E-state index in [1.807, 2.05) is 53.4 Å². The molecule has 2 aromatic heterocycles. The summed E-state index contributed by atoms with van der Waals surface area (Å²) in [4.78, 5) is 9.51. The second-order valence-electron chi connectivity index (χ2n) is 5.28. The Morgan fingerprint density at radius 1 is 1.36 bits per heavy atom. The van der Waals surface area contributed by atoms with Crippen LogP contribution in [0.25, 0.3) is 11.3 Å². The lowest BCUT2D eigenvalue weighted by Crippen LogP contribution is -2.14. The quantitative estimate of drug-likeness (QED) is 0.478. The summed E-state index contributed by atoms with van der Waals surface area (Å²) in [6.07, 6.45) is 5.31. The summed E-state index contributed by atoms with van der Waals surface area (Å²) < 4.78 is 1.85. The maximum atomic E-state index is 6.15. The van der Waals surface area contributed by atoms with Crippen molar-refractivity contribution in [2.24, 2.45) is 10.1 Å². The summed E-state index contributed by atoms with van der Waals surface area (Å²) in [5.41, 5.74) is 3.76. The van der Waals surface area contributed by atoms with E-state index in [4.69, 9.17) is 16.7 Å². The summed E-state index contributed by atoms with van der Waals surface area (Å²) >= 11 is 7.69. The third-order valence-electron chi connectivity index (χ3n) is 3.49. The predicted octanol–water partition coefficient (Wildman–Crippen LogP) is 4.62. The average molecular weight is 369 g/mol. The molecule has 2 heterocycles. The van der Waals surface area contributed by atoms with Gasteiger partial charge in [0, 0.05) is 33.9 Å². The van der Waals surface area contributed by atoms with Gasteiger partial charge < -0.3 is 0 Å². The van der Waals surface area contributed by atoms with Crippen molar-refractivity contribution in [2.45, 2.75) is 6.92 Å². The number of rotatable bonds is 5. The summed E-state index contributed by atoms with van der Waals surface area (Å²) in [6.45, 7) is 6.23. The predicted molar refractivity (Wildman–Crippen MR) is 105 cm³/mol. The molecule has 6 heteroatoms. The molecule has 0 aliphatic carbocycles. The highest BCUT2D eigenvalue weighted by atomic mass is 35.5. The van der Waals surface area contributed by atoms with Crippen molar-refractivity contribution in [2.75, 3.05) is 6.54 Å². The Morgan fingerprint density at radius 2 is 2.24 bits per heavy atom. The first kappa shape index (κ1) is 17.3. The maximum Gasteiger partial charge on any atom is 0.206 e. The molecule has 4 nitrogen and oxygen atoms in total. The lowest BCUT2D eigenvalue weighted by molar-refractivity contribution is 0.834. The van der Waals surface area contributed by atoms with Crippen molar-refractivity contribution in [1.82, 2.24) is 9.66 Å². The zero-order valence-electron chi connectivity index (χ0n) is 13.8. The number of nitrogens with zero attached hydrogens (tertiary/aromatic N) is 4. The lowest BCUT2D eigenvalue weighted by Gasteiger charge is -2.06. The highest BCUT2D eigenvalue weighted by molar-refractivity contribution is 7.07. The zero-order chi connectivity index (χ0) is 17.6. The van der Waals surface area contributed by atoms with Crippen LogP contribution in [0.5, 0.6) is 0 Å². The zero-order valence-corrected chi connectivity index (χ0v) is 15.3. The van der Waals surface area contributed by atoms with Crippen molar-refractivity contribution in [3.05, 3.63) is 82.2 Å². The highest BCUT2D eigenvalue weighted by Crippen LogP contribution is 2.23. The fourth-order valence-corrected chi connectivity index (χ4v) is 3.31. The van der Waals surface area contributed by atoms with Crippen molar-refractivity contribution >= 4 is 28.6 Å². The minimum atomic E-state index is 0.539. The van der Waals surface area contributed by atoms with Crippen LogP contribution in [-0.2, 0) is 0 Å². The first-order valence-electron chi connectivity index (χ1n) is 7.73. The van der Waals surface area contributed by atoms with Gasteiger partial charge in [0.25, 0.3) is 0 Å². The van der Waals surface area contributed by atoms with Gasteiger partial charge in [0.05, 0.1) is 18.0 Å². The topological polar surface area (TPSA) is 42.5 Å². The van der Waals surface area contributed by atoms with Gasteiger partial charge in [-0.3, -0.25) is 9.98 Å². The maximum absolute atomic E-state index is 6.15. The van der Waals surface area contributed by atoms with Crippen LogP contribution in [0.1, 0.15) is 12.5 Å². The molecule has 0 amide bonds. The molecule has 0 N–H and O–H groups in total. The third-order valence-corrected chi connectivity index (χ3v) is 4.58. The van der Waals surface area contributed by atoms with E-state index in [1.165, 1.54) is 11.3 Å². The van der Waals surface area contributed by atoms with Gasteiger partial charge in [-0.1, -0.05) is 35.9 Å². The van der Waals surface area contributed by atoms with E-state index in [2.05, 4.69) is 16.6 Å². The van der Waals surface area contributed by atoms with Crippen LogP contribution in [0, 0.1) is 0 Å². The molecule has 0 fully saturated rings. The molecule has 0 radical (unpaired) electrons. The highest BCUT2D eigenvalue weighted by Gasteiger charge is 2.09. The number of aromatic nitrogens is 2. The molecule has 0 saturated carbocycles. The lowest BCUT2D eigenvalue weighted by atomic mass is 10.2. The number of benzene rings is 1. The molecule has 0 aliphatic rings. The van der Waals surface area contributed by atoms with E-state index in [0.717, 1.165) is 27.3 Å². The van der Waals surface area contributed by atoms with E-state index < -0.39 is 0 Å². The van der Waals surface area contributed by atoms with Crippen LogP contribution < -0.4 is 4.80 Å². The number of halogens is 1. The van der Waals surface area contributed by atoms with Crippen LogP contribution in [0.2, 0.25) is 5.02 Å². The van der Waals surface area contributed by atoms with Crippen LogP contribution >= 0.6 is 22.9 Å². The number of pyridine rings is 1. The second kappa shape index (κ2) is 8.05. The van der Waals surface area contributed by atoms with Crippen molar-refractivity contribution < 1.29 is 0 Å². The SMILES string of the molecule is C=CCN=c1scc(-c2cccc(Cl)c2)n1N=C(C)c1cccnc1. The van der Waals surface area contributed by atoms with Gasteiger partial charge in [0.2, 0.25) is 4.80 Å². The number of thiazole rings is 1. The molecule has 0 saturated heterocycles. The molecule has 0 spiro atoms. The molecule has 0 unspecified atom stereocenters. The van der Waals surface area contributed by atoms with E-state index in [9.17, 15) is 0 Å². The average Bonchev–Trinajstić information content (AvgIpc) is 3.03. The van der Waals surface area contributed by atoms with Crippen molar-refractivity contribution in [3.8, 4) is 11.3 Å². The van der Waals surface area contributed by atoms with Gasteiger partial charge in [-0.2, -0.15) is 5.10 Å². The van der Waals surface area contributed by atoms with E-state index in [-0.39, 0.29) is 0 Å². The monoisotopic (exact) mass is 368 g/mol. The summed E-state index contributed by atoms with van der Waals surface area (Å²) in [7, 11) is 0. The standard InChI is InChI=1S/C19H17ClN4S/c1-3-9-22-19-24(23-14(2)16-7-5-10-21-12-16)18(13-25-19)15-6-4-8-17(20)11-15/h3-8,10-13H,1,9H2,2H3. The number of hydrogen-bond acceptors (Lipinski definition) is 4. The van der Waals surface area contributed by atoms with Crippen LogP contribution in [-0.4, -0.2) is 21.9 Å². The molecule has 3 rings (SSSR count). The second-order valence-corrected chi connectivity index (χ2v) is 6.56. The van der Waals surface area contributed by atoms with Gasteiger partial charge in [-0.05, 0) is 25.1 Å². The van der Waals surface area contributed by atoms with Gasteiger partial charge in [-0.25, -0.2) is 4.68 Å². The molecule has 25 heavy (non-hydrogen) atoms. The van der Waals surface area contributed by atoms with E-state index >= 15 is 0 Å². The Labute approximate surface area is 155 Å². The Bertz CT molecular complexity index is 970. The van der Waals surface area contributed by atoms with Crippen molar-refractivity contribution in [3.63, 3.8) is 0 Å². The molecule has 1 aromatic carbocycles. The largest absolute Gasteiger partial charge is 0.264 e. The summed E-state index contributed by atoms with van der Waals surface area (Å²) in [5, 5.41) is 7.50. The van der Waals surface area contributed by atoms with Crippen LogP contribution in [0.4, 0.5) is 0 Å². The van der Waals surface area contributed by atoms with E-state index in [0.29, 0.717) is 11.6 Å². The van der Waals surface area contributed by atoms with Gasteiger partial charge in [-0.15, -0.1) is 17.9 Å². The van der Waals surface area contributed by atoms with Crippen LogP contribution in [0.3, 0.4) is 0 Å². The Hall–Kier alpha value is -2.50. The Kier molecular flexibility index (Phi) is 5.58. The Balaban J connectivity index is 2.15. The Morgan fingerprint density at radius 3 is 2.96 bits per heavy atom. The first-order chi connectivity index (χ1) is 12.2. The fourth-order valence-electron chi connectivity index (χ4n) is 2.28. The summed E-state index contributed by atoms with van der Waals surface area (Å²) in [6, 6.07) is 11.6. The number of hydrogen-bond donors (Lipinski definition) is 0. The fraction of sp³-hybridized carbons (Fsp3) is 0.105. The van der Waals surface area contributed by atoms with Gasteiger partial charge in [0.1, 0.15) is 0 Å². The molecular formula is C19H17ClN4S. The third kappa shape index (κ3) is 4.13. The van der Waals surface area contributed by atoms with Crippen LogP contribution in [0.15, 0.2) is 76.9 Å². The molecule has 0 bridgehead atoms. The van der Waals surface area contributed by atoms with Gasteiger partial charge in [0.15, 0.2) is 0 Å². The minimum absolute atomic E-state index is 0.539. The van der Waals surface area contributed by atoms with Gasteiger partial charge >= 0.3 is 0 Å². The molecule has 3 aromatic rings. The molecular weight excluding hydrogens is 352 g/mol. The van der Waals surface area contributed by atoms with E-state index in [1.54, 1.807) is 18.5 Å². The first-order valence-corrected chi connectivity index (χ1v) is 8.98. The smallest absolute Gasteiger partial charge is 0.206 e. The molecule has 0 aliphatic heterocycles. The molecule has 126 valence electrons. The summed E-state index contributed by atoms with van der Waals surface area (Å²) in [5.74, 6) is 0. The minimum Gasteiger partial charge on any atom is -0.264 e. The normalized spacial score (nSPS) is 12.4.